The van der Waals surface area contributed by atoms with Crippen LogP contribution in [0.25, 0.3) is 11.2 Å². The maximum atomic E-state index is 13.3. The highest BCUT2D eigenvalue weighted by atomic mass is 16.5. The van der Waals surface area contributed by atoms with E-state index in [-0.39, 0.29) is 22.4 Å². The minimum absolute atomic E-state index is 0.0116. The van der Waals surface area contributed by atoms with Gasteiger partial charge >= 0.3 is 5.69 Å². The van der Waals surface area contributed by atoms with Crippen molar-refractivity contribution in [1.82, 2.24) is 19.5 Å². The van der Waals surface area contributed by atoms with Gasteiger partial charge in [-0.25, -0.2) is 14.8 Å². The van der Waals surface area contributed by atoms with Crippen LogP contribution >= 0.6 is 0 Å². The first kappa shape index (κ1) is 19.7. The summed E-state index contributed by atoms with van der Waals surface area (Å²) < 4.78 is 14.4. The molecule has 8 nitrogen and oxygen atoms in total. The monoisotopic (exact) mass is 427 g/mol. The van der Waals surface area contributed by atoms with Crippen molar-refractivity contribution in [2.45, 2.75) is 93.8 Å². The molecule has 4 fully saturated rings. The van der Waals surface area contributed by atoms with Crippen LogP contribution in [0.15, 0.2) is 11.1 Å². The van der Waals surface area contributed by atoms with Gasteiger partial charge in [0.2, 0.25) is 0 Å². The fourth-order valence-corrected chi connectivity index (χ4v) is 7.28. The Morgan fingerprint density at radius 3 is 2.19 bits per heavy atom. The molecule has 2 aromatic rings. The summed E-state index contributed by atoms with van der Waals surface area (Å²) in [6.07, 6.45) is 14.4. The van der Waals surface area contributed by atoms with E-state index in [9.17, 15) is 4.79 Å². The number of hydrogen-bond donors (Lipinski definition) is 2. The highest BCUT2D eigenvalue weighted by Crippen LogP contribution is 2.54. The summed E-state index contributed by atoms with van der Waals surface area (Å²) in [7, 11) is 0. The number of aromatic amines is 1. The highest BCUT2D eigenvalue weighted by Gasteiger charge is 2.53. The lowest BCUT2D eigenvalue weighted by molar-refractivity contribution is -0.0864. The number of ether oxygens (including phenoxy) is 2. The van der Waals surface area contributed by atoms with Crippen molar-refractivity contribution < 1.29 is 9.47 Å². The first-order valence-electron chi connectivity index (χ1n) is 12.0. The van der Waals surface area contributed by atoms with Gasteiger partial charge in [-0.05, 0) is 83.0 Å². The third-order valence-electron chi connectivity index (χ3n) is 9.00. The molecule has 2 spiro atoms. The smallest absolute Gasteiger partial charge is 0.328 e. The molecule has 6 rings (SSSR count). The van der Waals surface area contributed by atoms with Gasteiger partial charge in [0.25, 0.3) is 0 Å². The fraction of sp³-hybridized carbons (Fsp3) is 0.783. The summed E-state index contributed by atoms with van der Waals surface area (Å²) >= 11 is 0. The number of imidazole rings is 1. The molecule has 4 heterocycles. The molecule has 2 saturated carbocycles. The molecule has 2 aliphatic heterocycles. The van der Waals surface area contributed by atoms with Gasteiger partial charge in [-0.15, -0.1) is 0 Å². The minimum atomic E-state index is -0.256. The molecule has 3 N–H and O–H groups in total. The Bertz CT molecular complexity index is 1010. The average molecular weight is 428 g/mol. The molecule has 0 amide bonds. The van der Waals surface area contributed by atoms with Gasteiger partial charge in [-0.2, -0.15) is 0 Å². The van der Waals surface area contributed by atoms with Gasteiger partial charge in [0.05, 0.1) is 16.7 Å². The van der Waals surface area contributed by atoms with E-state index in [1.807, 2.05) is 4.57 Å². The number of fused-ring (bicyclic) bond motifs is 1. The average Bonchev–Trinajstić information content (AvgIpc) is 3.51. The van der Waals surface area contributed by atoms with Crippen molar-refractivity contribution in [3.8, 4) is 0 Å². The molecule has 4 aliphatic rings. The van der Waals surface area contributed by atoms with Crippen LogP contribution in [0.5, 0.6) is 0 Å². The van der Waals surface area contributed by atoms with Crippen molar-refractivity contribution in [1.29, 1.82) is 0 Å². The third kappa shape index (κ3) is 2.98. The van der Waals surface area contributed by atoms with Crippen molar-refractivity contribution >= 4 is 17.0 Å². The van der Waals surface area contributed by atoms with Crippen LogP contribution in [-0.4, -0.2) is 43.9 Å². The summed E-state index contributed by atoms with van der Waals surface area (Å²) in [5, 5.41) is 0. The van der Waals surface area contributed by atoms with Gasteiger partial charge < -0.3 is 20.2 Å². The normalized spacial score (nSPS) is 38.5. The number of nitrogens with one attached hydrogen (secondary N) is 1. The number of H-pyrrole nitrogens is 1. The number of hydrogen-bond acceptors (Lipinski definition) is 6. The molecule has 2 aromatic heterocycles. The van der Waals surface area contributed by atoms with Crippen LogP contribution < -0.4 is 11.4 Å². The second kappa shape index (κ2) is 7.04. The molecular weight excluding hydrogens is 394 g/mol. The van der Waals surface area contributed by atoms with E-state index in [0.29, 0.717) is 22.9 Å². The number of nitrogen functional groups attached to an aromatic ring is 1. The second-order valence-corrected chi connectivity index (χ2v) is 10.4. The van der Waals surface area contributed by atoms with E-state index in [1.165, 1.54) is 19.2 Å². The quantitative estimate of drug-likeness (QED) is 0.762. The number of aromatic nitrogens is 4. The van der Waals surface area contributed by atoms with Crippen LogP contribution in [-0.2, 0) is 15.0 Å². The van der Waals surface area contributed by atoms with Crippen LogP contribution in [0.1, 0.15) is 77.0 Å². The van der Waals surface area contributed by atoms with E-state index in [2.05, 4.69) is 15.0 Å². The predicted octanol–water partition coefficient (Wildman–Crippen LogP) is 3.26. The fourth-order valence-electron chi connectivity index (χ4n) is 7.28. The molecule has 2 saturated heterocycles. The summed E-state index contributed by atoms with van der Waals surface area (Å²) in [4.78, 5) is 24.9. The van der Waals surface area contributed by atoms with Gasteiger partial charge in [-0.1, -0.05) is 0 Å². The second-order valence-electron chi connectivity index (χ2n) is 10.4. The Labute approximate surface area is 181 Å². The van der Waals surface area contributed by atoms with Gasteiger partial charge in [0, 0.05) is 13.2 Å². The predicted molar refractivity (Wildman–Crippen MR) is 117 cm³/mol. The lowest BCUT2D eigenvalue weighted by Crippen LogP contribution is -2.53. The largest absolute Gasteiger partial charge is 0.382 e. The summed E-state index contributed by atoms with van der Waals surface area (Å²) in [6, 6.07) is 0. The molecule has 2 aliphatic carbocycles. The van der Waals surface area contributed by atoms with Crippen LogP contribution in [0.4, 0.5) is 5.82 Å². The summed E-state index contributed by atoms with van der Waals surface area (Å²) in [5.41, 5.74) is 7.04. The zero-order valence-electron chi connectivity index (χ0n) is 18.2. The van der Waals surface area contributed by atoms with Crippen LogP contribution in [0.3, 0.4) is 0 Å². The van der Waals surface area contributed by atoms with E-state index >= 15 is 0 Å². The molecule has 0 bridgehead atoms. The van der Waals surface area contributed by atoms with Crippen molar-refractivity contribution in [3.05, 3.63) is 16.8 Å². The molecule has 0 unspecified atom stereocenters. The Balaban J connectivity index is 1.40. The standard InChI is InChI=1S/C23H33N5O3/c24-18-17-19(26-15-25-18)28(20(29)27-17)23(11-9-22(10-12-23)6-2-14-31-22)16-3-7-21(8-4-16)5-1-13-30-21/h15-16H,1-14H2,(H,27,29)(H2,24,25,26). The maximum absolute atomic E-state index is 13.3. The molecular formula is C23H33N5O3. The zero-order chi connectivity index (χ0) is 21.1. The Morgan fingerprint density at radius 1 is 0.935 bits per heavy atom. The molecule has 31 heavy (non-hydrogen) atoms. The number of nitrogens with zero attached hydrogens (tertiary/aromatic N) is 3. The summed E-state index contributed by atoms with van der Waals surface area (Å²) in [6.45, 7) is 1.76. The van der Waals surface area contributed by atoms with Gasteiger partial charge in [0.1, 0.15) is 11.8 Å². The highest BCUT2D eigenvalue weighted by molar-refractivity contribution is 5.81. The van der Waals surface area contributed by atoms with E-state index in [1.54, 1.807) is 0 Å². The van der Waals surface area contributed by atoms with Crippen LogP contribution in [0, 0.1) is 5.92 Å². The summed E-state index contributed by atoms with van der Waals surface area (Å²) in [5.74, 6) is 0.762. The molecule has 0 radical (unpaired) electrons. The Morgan fingerprint density at radius 2 is 1.58 bits per heavy atom. The Kier molecular flexibility index (Phi) is 4.48. The Hall–Kier alpha value is -1.93. The number of nitrogens with two attached hydrogens (primary N) is 1. The first-order valence-corrected chi connectivity index (χ1v) is 12.0. The molecule has 168 valence electrons. The first-order chi connectivity index (χ1) is 15.1. The molecule has 0 aromatic carbocycles. The number of anilines is 1. The van der Waals surface area contributed by atoms with E-state index in [0.717, 1.165) is 77.4 Å². The molecule has 8 heteroatoms. The zero-order valence-corrected chi connectivity index (χ0v) is 18.2. The van der Waals surface area contributed by atoms with Crippen molar-refractivity contribution in [2.75, 3.05) is 18.9 Å². The van der Waals surface area contributed by atoms with Crippen molar-refractivity contribution in [2.24, 2.45) is 5.92 Å². The van der Waals surface area contributed by atoms with E-state index < -0.39 is 0 Å². The SMILES string of the molecule is Nc1ncnc2c1[nH]c(=O)n2C1(C2CCC3(CCCO3)CC2)CCC2(CCCO2)CC1. The maximum Gasteiger partial charge on any atom is 0.328 e. The third-order valence-corrected chi connectivity index (χ3v) is 9.00. The lowest BCUT2D eigenvalue weighted by Gasteiger charge is -2.51. The topological polar surface area (TPSA) is 108 Å². The number of rotatable bonds is 2. The van der Waals surface area contributed by atoms with Gasteiger partial charge in [0.15, 0.2) is 11.5 Å². The van der Waals surface area contributed by atoms with Crippen molar-refractivity contribution in [3.63, 3.8) is 0 Å². The van der Waals surface area contributed by atoms with E-state index in [4.69, 9.17) is 15.2 Å². The molecule has 0 atom stereocenters. The van der Waals surface area contributed by atoms with Gasteiger partial charge in [-0.3, -0.25) is 4.57 Å². The van der Waals surface area contributed by atoms with Crippen LogP contribution in [0.2, 0.25) is 0 Å². The minimum Gasteiger partial charge on any atom is -0.382 e. The lowest BCUT2D eigenvalue weighted by atomic mass is 9.62.